The Morgan fingerprint density at radius 1 is 1.19 bits per heavy atom. The fraction of sp³-hybridized carbons (Fsp3) is 0.520. The van der Waals surface area contributed by atoms with Crippen LogP contribution in [0.25, 0.3) is 0 Å². The van der Waals surface area contributed by atoms with E-state index in [2.05, 4.69) is 9.97 Å². The second kappa shape index (κ2) is 9.25. The largest absolute Gasteiger partial charge is 0.443 e. The molecule has 4 heterocycles. The van der Waals surface area contributed by atoms with Crippen LogP contribution in [0.4, 0.5) is 21.1 Å². The fourth-order valence-corrected chi connectivity index (χ4v) is 5.53. The number of benzene rings is 1. The lowest BCUT2D eigenvalue weighted by atomic mass is 9.94. The van der Waals surface area contributed by atoms with Crippen LogP contribution in [0.3, 0.4) is 0 Å². The number of para-hydroxylation sites is 1. The first-order valence-electron chi connectivity index (χ1n) is 12.3. The molecule has 198 valence electrons. The van der Waals surface area contributed by atoms with Gasteiger partial charge in [-0.3, -0.25) is 9.80 Å². The van der Waals surface area contributed by atoms with Gasteiger partial charge >= 0.3 is 12.1 Å². The molecule has 5 rings (SSSR count). The van der Waals surface area contributed by atoms with Crippen LogP contribution in [-0.2, 0) is 25.9 Å². The highest BCUT2D eigenvalue weighted by molar-refractivity contribution is 7.90. The van der Waals surface area contributed by atoms with Crippen molar-refractivity contribution < 1.29 is 27.5 Å². The molecule has 3 aliphatic rings. The summed E-state index contributed by atoms with van der Waals surface area (Å²) in [6, 6.07) is 6.67. The number of urea groups is 1. The first kappa shape index (κ1) is 25.4. The molecule has 12 heteroatoms. The molecule has 1 fully saturated rings. The van der Waals surface area contributed by atoms with E-state index < -0.39 is 21.5 Å². The maximum absolute atomic E-state index is 14.0. The molecule has 1 saturated heterocycles. The molecule has 2 aromatic rings. The zero-order valence-corrected chi connectivity index (χ0v) is 22.2. The molecule has 0 aliphatic carbocycles. The van der Waals surface area contributed by atoms with Crippen molar-refractivity contribution in [2.75, 3.05) is 35.8 Å². The number of rotatable bonds is 3. The molecule has 0 N–H and O–H groups in total. The maximum Gasteiger partial charge on any atom is 0.414 e. The molecule has 3 amide bonds. The van der Waals surface area contributed by atoms with Crippen molar-refractivity contribution in [3.8, 4) is 0 Å². The van der Waals surface area contributed by atoms with Gasteiger partial charge in [-0.1, -0.05) is 18.2 Å². The minimum absolute atomic E-state index is 0.216. The van der Waals surface area contributed by atoms with Gasteiger partial charge in [0.25, 0.3) is 0 Å². The van der Waals surface area contributed by atoms with E-state index in [4.69, 9.17) is 9.47 Å². The van der Waals surface area contributed by atoms with E-state index >= 15 is 0 Å². The van der Waals surface area contributed by atoms with Crippen LogP contribution in [0, 0.1) is 0 Å². The Hall–Kier alpha value is -3.25. The van der Waals surface area contributed by atoms with Gasteiger partial charge in [-0.05, 0) is 45.2 Å². The van der Waals surface area contributed by atoms with Gasteiger partial charge in [-0.2, -0.15) is 0 Å². The van der Waals surface area contributed by atoms with Gasteiger partial charge in [0.1, 0.15) is 11.4 Å². The van der Waals surface area contributed by atoms with Crippen molar-refractivity contribution in [1.29, 1.82) is 0 Å². The average Bonchev–Trinajstić information content (AvgIpc) is 3.35. The number of ether oxygens (including phenoxy) is 2. The summed E-state index contributed by atoms with van der Waals surface area (Å²) in [6.07, 6.45) is 3.23. The number of carbonyl (C=O) groups excluding carboxylic acids is 2. The molecule has 0 bridgehead atoms. The Labute approximate surface area is 216 Å². The lowest BCUT2D eigenvalue weighted by molar-refractivity contribution is 0.0572. The van der Waals surface area contributed by atoms with Gasteiger partial charge in [0.2, 0.25) is 15.0 Å². The van der Waals surface area contributed by atoms with E-state index in [-0.39, 0.29) is 29.8 Å². The average molecular weight is 530 g/mol. The van der Waals surface area contributed by atoms with E-state index in [1.807, 2.05) is 45.0 Å². The third kappa shape index (κ3) is 4.87. The van der Waals surface area contributed by atoms with Crippen molar-refractivity contribution in [2.45, 2.75) is 63.0 Å². The molecule has 0 radical (unpaired) electrons. The van der Waals surface area contributed by atoms with Crippen molar-refractivity contribution in [3.63, 3.8) is 0 Å². The fourth-order valence-electron chi connectivity index (χ4n) is 5.03. The van der Waals surface area contributed by atoms with Crippen LogP contribution in [0.15, 0.2) is 35.6 Å². The molecule has 1 aromatic carbocycles. The lowest BCUT2D eigenvalue weighted by Gasteiger charge is -2.45. The summed E-state index contributed by atoms with van der Waals surface area (Å²) in [5.41, 5.74) is 1.56. The Bertz CT molecular complexity index is 1340. The minimum Gasteiger partial charge on any atom is -0.443 e. The maximum atomic E-state index is 14.0. The van der Waals surface area contributed by atoms with Crippen LogP contribution in [0.5, 0.6) is 0 Å². The van der Waals surface area contributed by atoms with E-state index in [0.717, 1.165) is 11.8 Å². The predicted molar refractivity (Wildman–Crippen MR) is 135 cm³/mol. The van der Waals surface area contributed by atoms with E-state index in [1.54, 1.807) is 14.7 Å². The highest BCUT2D eigenvalue weighted by atomic mass is 32.2. The molecule has 37 heavy (non-hydrogen) atoms. The molecule has 11 nitrogen and oxygen atoms in total. The van der Waals surface area contributed by atoms with E-state index in [9.17, 15) is 18.0 Å². The summed E-state index contributed by atoms with van der Waals surface area (Å²) in [5, 5.41) is -0.313. The molecule has 1 aromatic heterocycles. The van der Waals surface area contributed by atoms with Crippen LogP contribution < -0.4 is 9.80 Å². The summed E-state index contributed by atoms with van der Waals surface area (Å²) in [4.78, 5) is 40.3. The molecule has 0 spiro atoms. The molecule has 1 unspecified atom stereocenters. The second-order valence-corrected chi connectivity index (χ2v) is 12.5. The third-order valence-corrected chi connectivity index (χ3v) is 7.51. The molecular formula is C25H31N5O6S. The SMILES string of the molecule is CC(C)(C)OC(=O)N1CC[C@H](N2Cc3cnc(S(C)(=O)=O)nc3N(C3CCOC3)C2=O)c2ccccc21. The summed E-state index contributed by atoms with van der Waals surface area (Å²) >= 11 is 0. The van der Waals surface area contributed by atoms with Gasteiger partial charge in [0.15, 0.2) is 0 Å². The van der Waals surface area contributed by atoms with E-state index in [1.165, 1.54) is 6.20 Å². The van der Waals surface area contributed by atoms with Crippen molar-refractivity contribution >= 4 is 33.5 Å². The van der Waals surface area contributed by atoms with Gasteiger partial charge in [-0.15, -0.1) is 0 Å². The zero-order valence-electron chi connectivity index (χ0n) is 21.4. The molecule has 3 aliphatic heterocycles. The number of carbonyl (C=O) groups is 2. The third-order valence-electron chi connectivity index (χ3n) is 6.65. The quantitative estimate of drug-likeness (QED) is 0.555. The monoisotopic (exact) mass is 529 g/mol. The highest BCUT2D eigenvalue weighted by Crippen LogP contribution is 2.42. The molecule has 2 atom stereocenters. The van der Waals surface area contributed by atoms with Gasteiger partial charge in [0.05, 0.1) is 30.9 Å². The van der Waals surface area contributed by atoms with Crippen LogP contribution in [-0.4, -0.2) is 73.1 Å². The topological polar surface area (TPSA) is 122 Å². The summed E-state index contributed by atoms with van der Waals surface area (Å²) in [7, 11) is -3.66. The number of amides is 3. The highest BCUT2D eigenvalue weighted by Gasteiger charge is 2.43. The standard InChI is InChI=1S/C25H31N5O6S/c1-25(2,3)36-24(32)28-11-9-20(18-7-5-6-8-19(18)28)29-14-16-13-26-22(37(4,33)34)27-21(16)30(23(29)31)17-10-12-35-15-17/h5-8,13,17,20H,9-12,14-15H2,1-4H3/t17?,20-/m0/s1. The number of hydrogen-bond acceptors (Lipinski definition) is 8. The van der Waals surface area contributed by atoms with E-state index in [0.29, 0.717) is 49.7 Å². The first-order chi connectivity index (χ1) is 17.4. The summed E-state index contributed by atoms with van der Waals surface area (Å²) in [5.74, 6) is 0.312. The normalized spacial score (nSPS) is 22.1. The predicted octanol–water partition coefficient (Wildman–Crippen LogP) is 3.30. The van der Waals surface area contributed by atoms with Crippen LogP contribution in [0.2, 0.25) is 0 Å². The van der Waals surface area contributed by atoms with Gasteiger partial charge in [-0.25, -0.2) is 28.0 Å². The Kier molecular flexibility index (Phi) is 6.35. The van der Waals surface area contributed by atoms with Crippen LogP contribution >= 0.6 is 0 Å². The minimum atomic E-state index is -3.66. The van der Waals surface area contributed by atoms with Crippen molar-refractivity contribution in [2.24, 2.45) is 0 Å². The molecular weight excluding hydrogens is 498 g/mol. The van der Waals surface area contributed by atoms with Crippen molar-refractivity contribution in [1.82, 2.24) is 14.9 Å². The zero-order chi connectivity index (χ0) is 26.5. The Balaban J connectivity index is 1.53. The first-order valence-corrected chi connectivity index (χ1v) is 14.2. The number of anilines is 2. The molecule has 0 saturated carbocycles. The summed E-state index contributed by atoms with van der Waals surface area (Å²) < 4.78 is 35.5. The summed E-state index contributed by atoms with van der Waals surface area (Å²) in [6.45, 7) is 6.91. The smallest absolute Gasteiger partial charge is 0.414 e. The number of aromatic nitrogens is 2. The number of fused-ring (bicyclic) bond motifs is 2. The van der Waals surface area contributed by atoms with Gasteiger partial charge in [0, 0.05) is 31.2 Å². The number of hydrogen-bond donors (Lipinski definition) is 0. The van der Waals surface area contributed by atoms with Crippen LogP contribution in [0.1, 0.15) is 50.8 Å². The number of sulfone groups is 1. The number of nitrogens with zero attached hydrogens (tertiary/aromatic N) is 5. The second-order valence-electron chi connectivity index (χ2n) is 10.6. The lowest BCUT2D eigenvalue weighted by Crippen LogP contribution is -2.54. The van der Waals surface area contributed by atoms with Gasteiger partial charge < -0.3 is 14.4 Å². The Morgan fingerprint density at radius 3 is 2.62 bits per heavy atom. The van der Waals surface area contributed by atoms with Crippen molar-refractivity contribution in [3.05, 3.63) is 41.6 Å². The Morgan fingerprint density at radius 2 is 1.95 bits per heavy atom.